The molecule has 204 valence electrons. The van der Waals surface area contributed by atoms with Gasteiger partial charge in [0.05, 0.1) is 40.2 Å². The van der Waals surface area contributed by atoms with Crippen LogP contribution in [-0.4, -0.2) is 67.5 Å². The van der Waals surface area contributed by atoms with Gasteiger partial charge in [-0.3, -0.25) is 9.59 Å². The number of carbonyl (C=O) groups is 2. The number of ether oxygens (including phenoxy) is 1. The van der Waals surface area contributed by atoms with Crippen LogP contribution in [0, 0.1) is 6.92 Å². The fourth-order valence-electron chi connectivity index (χ4n) is 3.89. The van der Waals surface area contributed by atoms with Crippen LogP contribution in [0.2, 0.25) is 10.0 Å². The minimum atomic E-state index is -4.63. The molecule has 0 radical (unpaired) electrons. The van der Waals surface area contributed by atoms with Crippen LogP contribution < -0.4 is 15.6 Å². The van der Waals surface area contributed by atoms with Crippen LogP contribution in [0.15, 0.2) is 35.6 Å². The molecule has 0 bridgehead atoms. The molecule has 0 aliphatic carbocycles. The second-order valence-electron chi connectivity index (χ2n) is 8.65. The van der Waals surface area contributed by atoms with Crippen LogP contribution >= 0.6 is 23.2 Å². The summed E-state index contributed by atoms with van der Waals surface area (Å²) in [4.78, 5) is 30.4. The van der Waals surface area contributed by atoms with Gasteiger partial charge in [0.2, 0.25) is 11.8 Å². The molecule has 1 aromatic heterocycles. The molecule has 16 heteroatoms. The van der Waals surface area contributed by atoms with Gasteiger partial charge < -0.3 is 15.4 Å². The Morgan fingerprint density at radius 1 is 1.24 bits per heavy atom. The molecule has 3 heterocycles. The fourth-order valence-corrected chi connectivity index (χ4v) is 5.66. The molecule has 1 unspecified atom stereocenters. The summed E-state index contributed by atoms with van der Waals surface area (Å²) < 4.78 is 65.8. The number of aromatic nitrogens is 1. The molecule has 4 rings (SSSR count). The number of benzene rings is 1. The van der Waals surface area contributed by atoms with Gasteiger partial charge >= 0.3 is 6.18 Å². The Kier molecular flexibility index (Phi) is 7.77. The Morgan fingerprint density at radius 2 is 1.95 bits per heavy atom. The number of halogens is 5. The lowest BCUT2D eigenvalue weighted by atomic mass is 10.1. The van der Waals surface area contributed by atoms with Crippen LogP contribution in [0.5, 0.6) is 0 Å². The van der Waals surface area contributed by atoms with Crippen LogP contribution in [0.25, 0.3) is 0 Å². The molecule has 38 heavy (non-hydrogen) atoms. The number of rotatable bonds is 6. The maximum Gasteiger partial charge on any atom is 0.422 e. The highest BCUT2D eigenvalue weighted by molar-refractivity contribution is 7.92. The first-order chi connectivity index (χ1) is 17.7. The number of carbonyl (C=O) groups excluding carboxylic acids is 2. The highest BCUT2D eigenvalue weighted by Gasteiger charge is 2.39. The zero-order valence-corrected chi connectivity index (χ0v) is 21.9. The summed E-state index contributed by atoms with van der Waals surface area (Å²) in [5.74, 6) is -2.17. The summed E-state index contributed by atoms with van der Waals surface area (Å²) in [6.07, 6.45) is -3.60. The Morgan fingerprint density at radius 3 is 2.58 bits per heavy atom. The van der Waals surface area contributed by atoms with Crippen molar-refractivity contribution in [1.82, 2.24) is 10.3 Å². The van der Waals surface area contributed by atoms with Gasteiger partial charge in [-0.2, -0.15) is 13.2 Å². The average Bonchev–Trinajstić information content (AvgIpc) is 3.22. The van der Waals surface area contributed by atoms with E-state index in [1.807, 2.05) is 0 Å². The van der Waals surface area contributed by atoms with Gasteiger partial charge in [-0.1, -0.05) is 23.2 Å². The largest absolute Gasteiger partial charge is 0.470 e. The summed E-state index contributed by atoms with van der Waals surface area (Å²) in [6, 6.07) is 3.98. The maximum atomic E-state index is 13.4. The van der Waals surface area contributed by atoms with Crippen molar-refractivity contribution in [2.24, 2.45) is 5.10 Å². The number of pyridine rings is 1. The molecule has 1 saturated heterocycles. The second-order valence-corrected chi connectivity index (χ2v) is 11.7. The Hall–Kier alpha value is -3.10. The number of hydrazone groups is 1. The summed E-state index contributed by atoms with van der Waals surface area (Å²) in [5, 5.41) is 10.5. The normalized spacial score (nSPS) is 18.9. The number of nitrogens with zero attached hydrogens (tertiary/aromatic N) is 3. The number of hydrogen-bond donors (Lipinski definition) is 2. The van der Waals surface area contributed by atoms with Crippen molar-refractivity contribution in [3.05, 3.63) is 51.6 Å². The van der Waals surface area contributed by atoms with E-state index in [0.29, 0.717) is 5.56 Å². The highest BCUT2D eigenvalue weighted by atomic mass is 35.5. The van der Waals surface area contributed by atoms with Crippen molar-refractivity contribution < 1.29 is 35.9 Å². The van der Waals surface area contributed by atoms with E-state index in [4.69, 9.17) is 27.9 Å². The number of aryl methyl sites for hydroxylation is 1. The van der Waals surface area contributed by atoms with E-state index in [-0.39, 0.29) is 50.9 Å². The van der Waals surface area contributed by atoms with E-state index in [1.165, 1.54) is 30.5 Å². The zero-order chi connectivity index (χ0) is 27.8. The number of anilines is 2. The summed E-state index contributed by atoms with van der Waals surface area (Å²) in [7, 11) is -3.20. The van der Waals surface area contributed by atoms with Crippen molar-refractivity contribution >= 4 is 62.3 Å². The predicted octanol–water partition coefficient (Wildman–Crippen LogP) is 3.33. The van der Waals surface area contributed by atoms with Crippen molar-refractivity contribution in [1.29, 1.82) is 0 Å². The van der Waals surface area contributed by atoms with E-state index in [0.717, 1.165) is 5.01 Å². The molecule has 1 fully saturated rings. The third kappa shape index (κ3) is 6.48. The molecule has 1 atom stereocenters. The van der Waals surface area contributed by atoms with Crippen LogP contribution in [0.3, 0.4) is 0 Å². The molecule has 2 aliphatic rings. The zero-order valence-electron chi connectivity index (χ0n) is 19.6. The van der Waals surface area contributed by atoms with Crippen molar-refractivity contribution in [2.75, 3.05) is 28.4 Å². The molecule has 2 amide bonds. The smallest absolute Gasteiger partial charge is 0.422 e. The van der Waals surface area contributed by atoms with Crippen molar-refractivity contribution in [3.63, 3.8) is 0 Å². The number of sulfone groups is 1. The van der Waals surface area contributed by atoms with Gasteiger partial charge in [-0.25, -0.2) is 18.4 Å². The van der Waals surface area contributed by atoms with Crippen molar-refractivity contribution in [2.45, 2.75) is 31.6 Å². The molecule has 2 aromatic rings. The number of nitrogens with one attached hydrogen (secondary N) is 2. The van der Waals surface area contributed by atoms with Gasteiger partial charge in [-0.15, -0.1) is 5.10 Å². The second kappa shape index (κ2) is 10.6. The first-order valence-corrected chi connectivity index (χ1v) is 13.6. The third-order valence-electron chi connectivity index (χ3n) is 5.58. The lowest BCUT2D eigenvalue weighted by molar-refractivity contribution is -0.156. The van der Waals surface area contributed by atoms with Gasteiger partial charge in [-0.05, 0) is 36.8 Å². The Balaban J connectivity index is 1.59. The maximum absolute atomic E-state index is 13.4. The summed E-state index contributed by atoms with van der Waals surface area (Å²) in [5.41, 5.74) is 0.463. The van der Waals surface area contributed by atoms with Gasteiger partial charge in [0.1, 0.15) is 6.04 Å². The standard InChI is InChI=1S/C22H20Cl2F3N5O5S/c1-11-5-12(23)6-14(20(33)29-13-8-38(35,36)9-13)18(11)30-21(34)16-7-17(37-10-22(25,26)27)31-32(16)19-15(24)3-2-4-28-19/h2-6,13,16H,7-10H2,1H3,(H,29,33)(H,30,34). The topological polar surface area (TPSA) is 130 Å². The predicted molar refractivity (Wildman–Crippen MR) is 134 cm³/mol. The molecule has 2 aliphatic heterocycles. The van der Waals surface area contributed by atoms with Gasteiger partial charge in [0.25, 0.3) is 5.91 Å². The molecule has 10 nitrogen and oxygen atoms in total. The first-order valence-electron chi connectivity index (χ1n) is 11.0. The lowest BCUT2D eigenvalue weighted by Crippen LogP contribution is -2.53. The van der Waals surface area contributed by atoms with E-state index in [1.54, 1.807) is 6.92 Å². The quantitative estimate of drug-likeness (QED) is 0.525. The summed E-state index contributed by atoms with van der Waals surface area (Å²) in [6.45, 7) is -0.0239. The third-order valence-corrected chi connectivity index (χ3v) is 7.92. The molecular formula is C22H20Cl2F3N5O5S. The monoisotopic (exact) mass is 593 g/mol. The lowest BCUT2D eigenvalue weighted by Gasteiger charge is -2.27. The van der Waals surface area contributed by atoms with Crippen LogP contribution in [-0.2, 0) is 19.4 Å². The van der Waals surface area contributed by atoms with E-state index in [9.17, 15) is 31.2 Å². The SMILES string of the molecule is Cc1cc(Cl)cc(C(=O)NC2CS(=O)(=O)C2)c1NC(=O)C1CC(OCC(F)(F)F)=NN1c1ncccc1Cl. The van der Waals surface area contributed by atoms with Crippen LogP contribution in [0.4, 0.5) is 24.7 Å². The van der Waals surface area contributed by atoms with E-state index < -0.39 is 46.5 Å². The fraction of sp³-hybridized carbons (Fsp3) is 0.364. The number of amides is 2. The minimum absolute atomic E-state index is 0.0110. The van der Waals surface area contributed by atoms with Gasteiger partial charge in [0, 0.05) is 11.2 Å². The number of alkyl halides is 3. The molecule has 2 N–H and O–H groups in total. The summed E-state index contributed by atoms with van der Waals surface area (Å²) >= 11 is 12.3. The van der Waals surface area contributed by atoms with Crippen molar-refractivity contribution in [3.8, 4) is 0 Å². The first kappa shape index (κ1) is 27.9. The molecule has 0 spiro atoms. The minimum Gasteiger partial charge on any atom is -0.470 e. The highest BCUT2D eigenvalue weighted by Crippen LogP contribution is 2.32. The van der Waals surface area contributed by atoms with Crippen LogP contribution in [0.1, 0.15) is 22.3 Å². The number of hydrogen-bond acceptors (Lipinski definition) is 8. The Labute approximate surface area is 225 Å². The van der Waals surface area contributed by atoms with Gasteiger partial charge in [0.15, 0.2) is 22.3 Å². The Bertz CT molecular complexity index is 1410. The van der Waals surface area contributed by atoms with E-state index >= 15 is 0 Å². The van der Waals surface area contributed by atoms with E-state index in [2.05, 4.69) is 20.7 Å². The molecule has 0 saturated carbocycles. The molecular weight excluding hydrogens is 574 g/mol. The molecule has 1 aromatic carbocycles. The average molecular weight is 594 g/mol.